The van der Waals surface area contributed by atoms with Crippen molar-refractivity contribution < 1.29 is 12.8 Å². The summed E-state index contributed by atoms with van der Waals surface area (Å²) in [6.07, 6.45) is 0. The van der Waals surface area contributed by atoms with Gasteiger partial charge in [-0.3, -0.25) is 0 Å². The van der Waals surface area contributed by atoms with Crippen molar-refractivity contribution in [2.45, 2.75) is 45.6 Å². The molecule has 20 heavy (non-hydrogen) atoms. The second-order valence-corrected chi connectivity index (χ2v) is 8.33. The molecule has 1 aromatic carbocycles. The predicted molar refractivity (Wildman–Crippen MR) is 77.2 cm³/mol. The van der Waals surface area contributed by atoms with Crippen LogP contribution in [0, 0.1) is 23.6 Å². The second kappa shape index (κ2) is 4.18. The summed E-state index contributed by atoms with van der Waals surface area (Å²) in [4.78, 5) is -0.128. The van der Waals surface area contributed by atoms with Gasteiger partial charge in [0.05, 0.1) is 4.90 Å². The summed E-state index contributed by atoms with van der Waals surface area (Å²) in [5.41, 5.74) is 5.78. The molecule has 0 atom stereocenters. The van der Waals surface area contributed by atoms with Gasteiger partial charge in [-0.25, -0.2) is 17.5 Å². The van der Waals surface area contributed by atoms with Gasteiger partial charge in [0, 0.05) is 17.3 Å². The maximum absolute atomic E-state index is 13.7. The molecule has 0 aliphatic heterocycles. The van der Waals surface area contributed by atoms with Gasteiger partial charge in [0.1, 0.15) is 5.82 Å². The Morgan fingerprint density at radius 3 is 2.10 bits per heavy atom. The molecular formula is C14H21FN2O2S. The van der Waals surface area contributed by atoms with Crippen LogP contribution in [0.1, 0.15) is 33.3 Å². The van der Waals surface area contributed by atoms with E-state index in [1.54, 1.807) is 0 Å². The van der Waals surface area contributed by atoms with E-state index in [-0.39, 0.29) is 33.0 Å². The first-order valence-electron chi connectivity index (χ1n) is 6.49. The minimum Gasteiger partial charge on any atom is -0.398 e. The van der Waals surface area contributed by atoms with E-state index in [1.165, 1.54) is 13.0 Å². The zero-order valence-electron chi connectivity index (χ0n) is 12.4. The monoisotopic (exact) mass is 300 g/mol. The highest BCUT2D eigenvalue weighted by Gasteiger charge is 2.66. The van der Waals surface area contributed by atoms with E-state index in [0.29, 0.717) is 0 Å². The van der Waals surface area contributed by atoms with Crippen LogP contribution in [0.15, 0.2) is 17.0 Å². The summed E-state index contributed by atoms with van der Waals surface area (Å²) < 4.78 is 41.0. The maximum atomic E-state index is 13.7. The van der Waals surface area contributed by atoms with Gasteiger partial charge in [0.25, 0.3) is 0 Å². The molecule has 1 aliphatic carbocycles. The molecule has 0 unspecified atom stereocenters. The molecule has 1 saturated carbocycles. The zero-order valence-corrected chi connectivity index (χ0v) is 13.2. The van der Waals surface area contributed by atoms with Gasteiger partial charge in [-0.1, -0.05) is 27.7 Å². The summed E-state index contributed by atoms with van der Waals surface area (Å²) in [5, 5.41) is 0. The average Bonchev–Trinajstić information content (AvgIpc) is 2.67. The molecule has 1 aliphatic rings. The first-order valence-corrected chi connectivity index (χ1v) is 7.97. The van der Waals surface area contributed by atoms with E-state index in [9.17, 15) is 12.8 Å². The second-order valence-electron chi connectivity index (χ2n) is 6.62. The standard InChI is InChI=1S/C14H21FN2O2S/c1-8-10(15)6-9(7-11(8)16)20(18,19)17-12-13(2,3)14(12,4)5/h6-7,12,17H,16H2,1-5H3. The van der Waals surface area contributed by atoms with Crippen molar-refractivity contribution in [1.29, 1.82) is 0 Å². The molecule has 6 heteroatoms. The Kier molecular flexibility index (Phi) is 3.19. The van der Waals surface area contributed by atoms with Crippen LogP contribution in [-0.4, -0.2) is 14.5 Å². The lowest BCUT2D eigenvalue weighted by Gasteiger charge is -2.10. The van der Waals surface area contributed by atoms with Gasteiger partial charge in [0.15, 0.2) is 0 Å². The van der Waals surface area contributed by atoms with Crippen LogP contribution in [0.2, 0.25) is 0 Å². The van der Waals surface area contributed by atoms with Crippen molar-refractivity contribution in [3.8, 4) is 0 Å². The Bertz CT molecular complexity index is 629. The first kappa shape index (κ1) is 15.3. The lowest BCUT2D eigenvalue weighted by Crippen LogP contribution is -2.30. The fourth-order valence-corrected chi connectivity index (χ4v) is 4.12. The first-order chi connectivity index (χ1) is 8.91. The number of hydrogen-bond acceptors (Lipinski definition) is 3. The molecule has 3 N–H and O–H groups in total. The van der Waals surface area contributed by atoms with Gasteiger partial charge in [-0.15, -0.1) is 0 Å². The van der Waals surface area contributed by atoms with Crippen molar-refractivity contribution in [1.82, 2.24) is 4.72 Å². The van der Waals surface area contributed by atoms with Gasteiger partial charge >= 0.3 is 0 Å². The number of rotatable bonds is 3. The molecule has 0 heterocycles. The summed E-state index contributed by atoms with van der Waals surface area (Å²) in [7, 11) is -3.77. The fraction of sp³-hybridized carbons (Fsp3) is 0.571. The largest absolute Gasteiger partial charge is 0.398 e. The van der Waals surface area contributed by atoms with E-state index in [0.717, 1.165) is 6.07 Å². The highest BCUT2D eigenvalue weighted by molar-refractivity contribution is 7.89. The highest BCUT2D eigenvalue weighted by atomic mass is 32.2. The predicted octanol–water partition coefficient (Wildman–Crippen LogP) is 2.43. The molecule has 0 bridgehead atoms. The molecule has 2 rings (SSSR count). The molecule has 4 nitrogen and oxygen atoms in total. The Morgan fingerprint density at radius 2 is 1.70 bits per heavy atom. The molecule has 0 aromatic heterocycles. The average molecular weight is 300 g/mol. The van der Waals surface area contributed by atoms with Crippen LogP contribution in [0.5, 0.6) is 0 Å². The zero-order chi connectivity index (χ0) is 15.5. The smallest absolute Gasteiger partial charge is 0.241 e. The number of anilines is 1. The van der Waals surface area contributed by atoms with Crippen molar-refractivity contribution in [2.24, 2.45) is 10.8 Å². The number of nitrogen functional groups attached to an aromatic ring is 1. The van der Waals surface area contributed by atoms with E-state index in [1.807, 2.05) is 27.7 Å². The summed E-state index contributed by atoms with van der Waals surface area (Å²) in [5.74, 6) is -0.611. The van der Waals surface area contributed by atoms with Crippen LogP contribution in [0.3, 0.4) is 0 Å². The third-order valence-corrected chi connectivity index (χ3v) is 6.36. The highest BCUT2D eigenvalue weighted by Crippen LogP contribution is 2.62. The van der Waals surface area contributed by atoms with Gasteiger partial charge in [-0.2, -0.15) is 0 Å². The lowest BCUT2D eigenvalue weighted by molar-refractivity contribution is 0.457. The van der Waals surface area contributed by atoms with E-state index >= 15 is 0 Å². The van der Waals surface area contributed by atoms with Gasteiger partial charge in [0.2, 0.25) is 10.0 Å². The molecule has 0 amide bonds. The van der Waals surface area contributed by atoms with E-state index in [4.69, 9.17) is 5.73 Å². The van der Waals surface area contributed by atoms with Crippen molar-refractivity contribution in [3.05, 3.63) is 23.5 Å². The molecule has 0 spiro atoms. The Hall–Kier alpha value is -1.14. The van der Waals surface area contributed by atoms with Crippen LogP contribution >= 0.6 is 0 Å². The SMILES string of the molecule is Cc1c(N)cc(S(=O)(=O)NC2C(C)(C)C2(C)C)cc1F. The molecule has 1 fully saturated rings. The Balaban J connectivity index is 2.34. The van der Waals surface area contributed by atoms with Crippen LogP contribution in [0.4, 0.5) is 10.1 Å². The van der Waals surface area contributed by atoms with Crippen LogP contribution in [-0.2, 0) is 10.0 Å². The van der Waals surface area contributed by atoms with Crippen molar-refractivity contribution >= 4 is 15.7 Å². The molecule has 1 aromatic rings. The number of nitrogens with one attached hydrogen (secondary N) is 1. The Morgan fingerprint density at radius 1 is 1.20 bits per heavy atom. The normalized spacial score (nSPS) is 20.9. The third kappa shape index (κ3) is 2.11. The fourth-order valence-electron chi connectivity index (χ4n) is 2.54. The summed E-state index contributed by atoms with van der Waals surface area (Å²) in [6, 6.07) is 2.13. The molecule has 112 valence electrons. The van der Waals surface area contributed by atoms with Crippen LogP contribution in [0.25, 0.3) is 0 Å². The lowest BCUT2D eigenvalue weighted by atomic mass is 10.0. The van der Waals surface area contributed by atoms with Crippen LogP contribution < -0.4 is 10.5 Å². The van der Waals surface area contributed by atoms with Gasteiger partial charge < -0.3 is 5.73 Å². The quantitative estimate of drug-likeness (QED) is 0.842. The minimum atomic E-state index is -3.77. The maximum Gasteiger partial charge on any atom is 0.241 e. The summed E-state index contributed by atoms with van der Waals surface area (Å²) in [6.45, 7) is 9.53. The van der Waals surface area contributed by atoms with E-state index in [2.05, 4.69) is 4.72 Å². The van der Waals surface area contributed by atoms with Crippen molar-refractivity contribution in [3.63, 3.8) is 0 Å². The van der Waals surface area contributed by atoms with Gasteiger partial charge in [-0.05, 0) is 29.9 Å². The third-order valence-electron chi connectivity index (χ3n) is 4.96. The number of sulfonamides is 1. The Labute approximate surface area is 119 Å². The van der Waals surface area contributed by atoms with E-state index < -0.39 is 15.8 Å². The van der Waals surface area contributed by atoms with Crippen molar-refractivity contribution in [2.75, 3.05) is 5.73 Å². The minimum absolute atomic E-state index is 0.128. The summed E-state index contributed by atoms with van der Waals surface area (Å²) >= 11 is 0. The number of halogens is 1. The number of nitrogens with two attached hydrogens (primary N) is 1. The molecular weight excluding hydrogens is 279 g/mol. The topological polar surface area (TPSA) is 72.2 Å². The number of hydrogen-bond donors (Lipinski definition) is 2. The molecule has 0 saturated heterocycles. The number of benzene rings is 1. The molecule has 0 radical (unpaired) electrons.